The third-order valence-corrected chi connectivity index (χ3v) is 9.34. The van der Waals surface area contributed by atoms with Crippen LogP contribution in [-0.4, -0.2) is 44.7 Å². The third-order valence-electron chi connectivity index (χ3n) is 9.34. The van der Waals surface area contributed by atoms with Gasteiger partial charge in [0.05, 0.1) is 23.6 Å². The first-order valence-corrected chi connectivity index (χ1v) is 14.0. The van der Waals surface area contributed by atoms with E-state index < -0.39 is 29.1 Å². The zero-order valence-electron chi connectivity index (χ0n) is 21.9. The van der Waals surface area contributed by atoms with E-state index in [1.807, 2.05) is 0 Å². The minimum absolute atomic E-state index is 0.0401. The Morgan fingerprint density at radius 2 is 1.73 bits per heavy atom. The summed E-state index contributed by atoms with van der Waals surface area (Å²) >= 11 is 0. The van der Waals surface area contributed by atoms with Crippen LogP contribution in [0.4, 0.5) is 14.6 Å². The summed E-state index contributed by atoms with van der Waals surface area (Å²) in [5.41, 5.74) is -1.06. The molecule has 8 rings (SSSR count). The molecule has 40 heavy (non-hydrogen) atoms. The third kappa shape index (κ3) is 4.20. The summed E-state index contributed by atoms with van der Waals surface area (Å²) in [6.07, 6.45) is 7.18. The number of aliphatic hydroxyl groups excluding tert-OH is 1. The first-order chi connectivity index (χ1) is 19.2. The minimum Gasteiger partial charge on any atom is -0.393 e. The molecular weight excluding hydrogens is 518 g/mol. The highest BCUT2D eigenvalue weighted by molar-refractivity contribution is 5.98. The van der Waals surface area contributed by atoms with Crippen molar-refractivity contribution in [1.29, 1.82) is 0 Å². The minimum atomic E-state index is -0.887. The van der Waals surface area contributed by atoms with Gasteiger partial charge in [-0.3, -0.25) is 23.9 Å². The first-order valence-electron chi connectivity index (χ1n) is 14.0. The van der Waals surface area contributed by atoms with Gasteiger partial charge in [-0.25, -0.2) is 13.8 Å². The quantitative estimate of drug-likeness (QED) is 0.516. The van der Waals surface area contributed by atoms with Crippen LogP contribution in [0.5, 0.6) is 0 Å². The molecule has 5 aliphatic rings. The normalized spacial score (nSPS) is 29.3. The van der Waals surface area contributed by atoms with Crippen molar-refractivity contribution in [3.8, 4) is 5.69 Å². The van der Waals surface area contributed by atoms with E-state index in [-0.39, 0.29) is 52.5 Å². The molecule has 5 fully saturated rings. The number of hydrogen-bond acceptors (Lipinski definition) is 5. The highest BCUT2D eigenvalue weighted by Crippen LogP contribution is 2.55. The fraction of sp³-hybridized carbons (Fsp3) is 0.467. The maximum atomic E-state index is 15.1. The van der Waals surface area contributed by atoms with Crippen molar-refractivity contribution in [1.82, 2.24) is 14.9 Å². The van der Waals surface area contributed by atoms with Gasteiger partial charge in [0.2, 0.25) is 11.3 Å². The lowest BCUT2D eigenvalue weighted by Gasteiger charge is -2.56. The summed E-state index contributed by atoms with van der Waals surface area (Å²) in [5, 5.41) is 13.1. The van der Waals surface area contributed by atoms with Crippen LogP contribution in [0.1, 0.15) is 61.7 Å². The largest absolute Gasteiger partial charge is 0.393 e. The highest BCUT2D eigenvalue weighted by Gasteiger charge is 2.51. The maximum Gasteiger partial charge on any atom is 0.257 e. The molecule has 1 aromatic carbocycles. The van der Waals surface area contributed by atoms with E-state index in [4.69, 9.17) is 0 Å². The number of carbonyl (C=O) groups is 2. The fourth-order valence-corrected chi connectivity index (χ4v) is 8.00. The van der Waals surface area contributed by atoms with E-state index in [1.165, 1.54) is 53.1 Å². The van der Waals surface area contributed by atoms with Crippen LogP contribution in [0.15, 0.2) is 41.3 Å². The number of halogens is 2. The molecule has 1 aliphatic heterocycles. The standard InChI is InChI=1S/C30H30F2N4O4/c31-19-1-3-24(23(32)10-19)36-15-22(29(40)34-30-12-16-7-17(13-30)9-18(8-16)14-30)27(39)21-2-4-25(33-28(21)36)35-6-5-20(37)11-26(35)38/h1-4,10,15-18,20,37H,5-9,11-14H2,(H,34,40). The molecule has 1 unspecified atom stereocenters. The zero-order chi connectivity index (χ0) is 27.8. The zero-order valence-corrected chi connectivity index (χ0v) is 21.9. The Bertz CT molecular complexity index is 1580. The van der Waals surface area contributed by atoms with E-state index in [1.54, 1.807) is 0 Å². The van der Waals surface area contributed by atoms with E-state index in [0.717, 1.165) is 31.4 Å². The van der Waals surface area contributed by atoms with Crippen LogP contribution in [0.25, 0.3) is 16.7 Å². The Balaban J connectivity index is 1.33. The average Bonchev–Trinajstić information content (AvgIpc) is 2.88. The van der Waals surface area contributed by atoms with Gasteiger partial charge in [-0.05, 0) is 87.0 Å². The van der Waals surface area contributed by atoms with Gasteiger partial charge in [0.15, 0.2) is 5.65 Å². The molecular formula is C30H30F2N4O4. The Labute approximate surface area is 229 Å². The Hall–Kier alpha value is -3.66. The average molecular weight is 549 g/mol. The van der Waals surface area contributed by atoms with Gasteiger partial charge in [-0.1, -0.05) is 0 Å². The number of aliphatic hydroxyl groups is 1. The molecule has 0 spiro atoms. The summed E-state index contributed by atoms with van der Waals surface area (Å²) in [7, 11) is 0. The summed E-state index contributed by atoms with van der Waals surface area (Å²) in [6.45, 7) is 0.235. The molecule has 4 saturated carbocycles. The number of anilines is 1. The smallest absolute Gasteiger partial charge is 0.257 e. The number of nitrogens with one attached hydrogen (secondary N) is 1. The van der Waals surface area contributed by atoms with Gasteiger partial charge < -0.3 is 10.4 Å². The number of benzene rings is 1. The molecule has 0 radical (unpaired) electrons. The van der Waals surface area contributed by atoms with Crippen LogP contribution in [0.3, 0.4) is 0 Å². The van der Waals surface area contributed by atoms with Crippen molar-refractivity contribution < 1.29 is 23.5 Å². The van der Waals surface area contributed by atoms with E-state index in [2.05, 4.69) is 10.3 Å². The molecule has 2 N–H and O–H groups in total. The van der Waals surface area contributed by atoms with Gasteiger partial charge in [0.1, 0.15) is 23.0 Å². The van der Waals surface area contributed by atoms with E-state index >= 15 is 4.39 Å². The van der Waals surface area contributed by atoms with Crippen LogP contribution >= 0.6 is 0 Å². The van der Waals surface area contributed by atoms with Crippen molar-refractivity contribution in [2.24, 2.45) is 17.8 Å². The number of amides is 2. The molecule has 208 valence electrons. The number of rotatable bonds is 4. The number of aromatic nitrogens is 2. The predicted molar refractivity (Wildman–Crippen MR) is 143 cm³/mol. The lowest BCUT2D eigenvalue weighted by Crippen LogP contribution is -2.60. The Morgan fingerprint density at radius 1 is 1.02 bits per heavy atom. The van der Waals surface area contributed by atoms with Crippen LogP contribution in [0, 0.1) is 29.4 Å². The summed E-state index contributed by atoms with van der Waals surface area (Å²) in [5.74, 6) is -0.461. The van der Waals surface area contributed by atoms with Crippen LogP contribution in [0.2, 0.25) is 0 Å². The van der Waals surface area contributed by atoms with Crippen molar-refractivity contribution in [2.45, 2.75) is 63.0 Å². The lowest BCUT2D eigenvalue weighted by molar-refractivity contribution is -0.122. The van der Waals surface area contributed by atoms with Gasteiger partial charge in [0.25, 0.3) is 5.91 Å². The van der Waals surface area contributed by atoms with Gasteiger partial charge in [0, 0.05) is 24.3 Å². The second-order valence-electron chi connectivity index (χ2n) is 12.2. The number of pyridine rings is 2. The first kappa shape index (κ1) is 25.3. The van der Waals surface area contributed by atoms with Gasteiger partial charge >= 0.3 is 0 Å². The second kappa shape index (κ2) is 9.19. The summed E-state index contributed by atoms with van der Waals surface area (Å²) in [4.78, 5) is 46.0. The number of carbonyl (C=O) groups excluding carboxylic acids is 2. The monoisotopic (exact) mass is 548 g/mol. The molecule has 3 heterocycles. The molecule has 4 bridgehead atoms. The molecule has 2 amide bonds. The van der Waals surface area contributed by atoms with Crippen molar-refractivity contribution in [3.63, 3.8) is 0 Å². The van der Waals surface area contributed by atoms with Crippen LogP contribution < -0.4 is 15.6 Å². The SMILES string of the molecule is O=C(NC12CC3CC(CC(C3)C1)C2)c1cn(-c2ccc(F)cc2F)c2nc(N3CCC(O)CC3=O)ccc2c1=O. The number of hydrogen-bond donors (Lipinski definition) is 2. The Kier molecular flexibility index (Phi) is 5.82. The van der Waals surface area contributed by atoms with Gasteiger partial charge in [-0.2, -0.15) is 0 Å². The van der Waals surface area contributed by atoms with Crippen molar-refractivity contribution in [3.05, 3.63) is 63.9 Å². The summed E-state index contributed by atoms with van der Waals surface area (Å²) < 4.78 is 30.2. The highest BCUT2D eigenvalue weighted by atomic mass is 19.1. The predicted octanol–water partition coefficient (Wildman–Crippen LogP) is 3.85. The topological polar surface area (TPSA) is 105 Å². The molecule has 1 atom stereocenters. The van der Waals surface area contributed by atoms with E-state index in [9.17, 15) is 23.9 Å². The van der Waals surface area contributed by atoms with Gasteiger partial charge in [-0.15, -0.1) is 0 Å². The van der Waals surface area contributed by atoms with E-state index in [0.29, 0.717) is 24.2 Å². The molecule has 1 saturated heterocycles. The Morgan fingerprint density at radius 3 is 2.38 bits per heavy atom. The van der Waals surface area contributed by atoms with Crippen molar-refractivity contribution >= 4 is 28.7 Å². The molecule has 10 heteroatoms. The maximum absolute atomic E-state index is 15.1. The lowest BCUT2D eigenvalue weighted by atomic mass is 9.53. The molecule has 3 aromatic rings. The number of piperidine rings is 1. The summed E-state index contributed by atoms with van der Waals surface area (Å²) in [6, 6.07) is 6.06. The van der Waals surface area contributed by atoms with Crippen molar-refractivity contribution in [2.75, 3.05) is 11.4 Å². The molecule has 8 nitrogen and oxygen atoms in total. The number of fused-ring (bicyclic) bond motifs is 1. The fourth-order valence-electron chi connectivity index (χ4n) is 8.00. The molecule has 4 aliphatic carbocycles. The second-order valence-corrected chi connectivity index (χ2v) is 12.2. The molecule has 2 aromatic heterocycles. The number of nitrogens with zero attached hydrogens (tertiary/aromatic N) is 3. The van der Waals surface area contributed by atoms with Crippen LogP contribution in [-0.2, 0) is 4.79 Å².